The molecule has 1 aliphatic rings. The van der Waals surface area contributed by atoms with Gasteiger partial charge >= 0.3 is 0 Å². The summed E-state index contributed by atoms with van der Waals surface area (Å²) >= 11 is 0. The van der Waals surface area contributed by atoms with Crippen LogP contribution in [0.4, 0.5) is 5.82 Å². The van der Waals surface area contributed by atoms with Crippen molar-refractivity contribution in [3.63, 3.8) is 0 Å². The van der Waals surface area contributed by atoms with Crippen molar-refractivity contribution in [3.05, 3.63) is 23.9 Å². The largest absolute Gasteiger partial charge is 0.390 e. The van der Waals surface area contributed by atoms with Gasteiger partial charge in [0.25, 0.3) is 0 Å². The van der Waals surface area contributed by atoms with Gasteiger partial charge in [0.2, 0.25) is 0 Å². The molecule has 1 aliphatic heterocycles. The third kappa shape index (κ3) is 2.76. The molecule has 0 radical (unpaired) electrons. The van der Waals surface area contributed by atoms with E-state index in [1.54, 1.807) is 7.11 Å². The third-order valence-corrected chi connectivity index (χ3v) is 3.47. The number of piperidine rings is 1. The molecule has 4 nitrogen and oxygen atoms in total. The lowest BCUT2D eigenvalue weighted by molar-refractivity contribution is 0.0496. The molecule has 1 aromatic rings. The van der Waals surface area contributed by atoms with Crippen LogP contribution in [0, 0.1) is 5.92 Å². The van der Waals surface area contributed by atoms with Gasteiger partial charge in [0, 0.05) is 20.2 Å². The fraction of sp³-hybridized carbons (Fsp3) is 0.615. The molecule has 0 amide bonds. The van der Waals surface area contributed by atoms with Crippen LogP contribution in [0.25, 0.3) is 0 Å². The Hall–Kier alpha value is -1.13. The first-order valence-electron chi connectivity index (χ1n) is 6.09. The van der Waals surface area contributed by atoms with E-state index >= 15 is 0 Å². The minimum atomic E-state index is -0.00815. The summed E-state index contributed by atoms with van der Waals surface area (Å²) in [5.41, 5.74) is 0.718. The number of pyridine rings is 1. The Kier molecular flexibility index (Phi) is 3.97. The van der Waals surface area contributed by atoms with Crippen molar-refractivity contribution >= 4 is 5.82 Å². The molecule has 2 rings (SSSR count). The number of rotatable bonds is 3. The maximum absolute atomic E-state index is 9.09. The maximum Gasteiger partial charge on any atom is 0.128 e. The van der Waals surface area contributed by atoms with E-state index in [0.717, 1.165) is 31.0 Å². The van der Waals surface area contributed by atoms with Crippen molar-refractivity contribution in [3.8, 4) is 0 Å². The average molecular weight is 236 g/mol. The number of ether oxygens (including phenoxy) is 1. The fourth-order valence-electron chi connectivity index (χ4n) is 2.28. The van der Waals surface area contributed by atoms with Crippen LogP contribution < -0.4 is 4.90 Å². The Morgan fingerprint density at radius 3 is 3.06 bits per heavy atom. The van der Waals surface area contributed by atoms with Gasteiger partial charge in [-0.15, -0.1) is 0 Å². The summed E-state index contributed by atoms with van der Waals surface area (Å²) in [6.45, 7) is 4.09. The molecule has 1 N–H and O–H groups in total. The van der Waals surface area contributed by atoms with E-state index < -0.39 is 0 Å². The highest BCUT2D eigenvalue weighted by atomic mass is 16.5. The zero-order valence-electron chi connectivity index (χ0n) is 10.5. The van der Waals surface area contributed by atoms with E-state index in [9.17, 15) is 0 Å². The summed E-state index contributed by atoms with van der Waals surface area (Å²) in [6, 6.07) is 5.76. The highest BCUT2D eigenvalue weighted by molar-refractivity contribution is 5.40. The zero-order valence-corrected chi connectivity index (χ0v) is 10.5. The van der Waals surface area contributed by atoms with E-state index in [4.69, 9.17) is 9.84 Å². The Morgan fingerprint density at radius 1 is 1.53 bits per heavy atom. The molecule has 0 aliphatic carbocycles. The number of aliphatic hydroxyl groups is 1. The minimum absolute atomic E-state index is 0.00815. The second-order valence-corrected chi connectivity index (χ2v) is 4.63. The SMILES string of the molecule is COC1CN(c2cccc(CO)n2)CCC1C. The zero-order chi connectivity index (χ0) is 12.3. The predicted octanol–water partition coefficient (Wildman–Crippen LogP) is 1.44. The average Bonchev–Trinajstić information content (AvgIpc) is 2.39. The highest BCUT2D eigenvalue weighted by Crippen LogP contribution is 2.23. The lowest BCUT2D eigenvalue weighted by Gasteiger charge is -2.37. The molecule has 4 heteroatoms. The lowest BCUT2D eigenvalue weighted by Crippen LogP contribution is -2.44. The van der Waals surface area contributed by atoms with Crippen LogP contribution >= 0.6 is 0 Å². The molecule has 0 spiro atoms. The second-order valence-electron chi connectivity index (χ2n) is 4.63. The van der Waals surface area contributed by atoms with Gasteiger partial charge in [-0.25, -0.2) is 4.98 Å². The summed E-state index contributed by atoms with van der Waals surface area (Å²) in [7, 11) is 1.77. The van der Waals surface area contributed by atoms with Gasteiger partial charge in [-0.2, -0.15) is 0 Å². The molecule has 1 fully saturated rings. The molecule has 0 bridgehead atoms. The number of aliphatic hydroxyl groups excluding tert-OH is 1. The topological polar surface area (TPSA) is 45.6 Å². The summed E-state index contributed by atoms with van der Waals surface area (Å²) in [4.78, 5) is 6.66. The number of anilines is 1. The molecule has 94 valence electrons. The van der Waals surface area contributed by atoms with E-state index in [1.807, 2.05) is 18.2 Å². The van der Waals surface area contributed by atoms with E-state index in [-0.39, 0.29) is 12.7 Å². The van der Waals surface area contributed by atoms with Gasteiger partial charge < -0.3 is 14.7 Å². The highest BCUT2D eigenvalue weighted by Gasteiger charge is 2.26. The Morgan fingerprint density at radius 2 is 2.35 bits per heavy atom. The predicted molar refractivity (Wildman–Crippen MR) is 67.0 cm³/mol. The normalized spacial score (nSPS) is 25.0. The molecule has 2 heterocycles. The smallest absolute Gasteiger partial charge is 0.128 e. The van der Waals surface area contributed by atoms with Crippen LogP contribution in [0.15, 0.2) is 18.2 Å². The van der Waals surface area contributed by atoms with Crippen LogP contribution in [-0.4, -0.2) is 36.4 Å². The summed E-state index contributed by atoms with van der Waals surface area (Å²) in [6.07, 6.45) is 1.38. The van der Waals surface area contributed by atoms with Crippen LogP contribution in [0.2, 0.25) is 0 Å². The quantitative estimate of drug-likeness (QED) is 0.862. The fourth-order valence-corrected chi connectivity index (χ4v) is 2.28. The molecule has 0 saturated carbocycles. The molecule has 17 heavy (non-hydrogen) atoms. The number of hydrogen-bond acceptors (Lipinski definition) is 4. The standard InChI is InChI=1S/C13H20N2O2/c1-10-6-7-15(8-12(10)17-2)13-5-3-4-11(9-16)14-13/h3-5,10,12,16H,6-9H2,1-2H3. The van der Waals surface area contributed by atoms with Crippen molar-refractivity contribution in [1.82, 2.24) is 4.98 Å². The maximum atomic E-state index is 9.09. The summed E-state index contributed by atoms with van der Waals surface area (Å²) in [5, 5.41) is 9.09. The van der Waals surface area contributed by atoms with Gasteiger partial charge in [0.15, 0.2) is 0 Å². The first kappa shape index (κ1) is 12.3. The minimum Gasteiger partial charge on any atom is -0.390 e. The second kappa shape index (κ2) is 5.47. The van der Waals surface area contributed by atoms with Crippen molar-refractivity contribution in [1.29, 1.82) is 0 Å². The molecular weight excluding hydrogens is 216 g/mol. The van der Waals surface area contributed by atoms with Crippen LogP contribution in [-0.2, 0) is 11.3 Å². The van der Waals surface area contributed by atoms with Crippen molar-refractivity contribution < 1.29 is 9.84 Å². The molecule has 1 aromatic heterocycles. The van der Waals surface area contributed by atoms with Crippen molar-refractivity contribution in [2.24, 2.45) is 5.92 Å². The molecule has 2 unspecified atom stereocenters. The Bertz CT molecular complexity index is 370. The third-order valence-electron chi connectivity index (χ3n) is 3.47. The summed E-state index contributed by atoms with van der Waals surface area (Å²) in [5.74, 6) is 1.53. The van der Waals surface area contributed by atoms with Gasteiger partial charge in [-0.3, -0.25) is 0 Å². The Labute approximate surface area is 102 Å². The number of methoxy groups -OCH3 is 1. The van der Waals surface area contributed by atoms with Gasteiger partial charge in [0.05, 0.1) is 18.4 Å². The van der Waals surface area contributed by atoms with Crippen molar-refractivity contribution in [2.75, 3.05) is 25.1 Å². The summed E-state index contributed by atoms with van der Waals surface area (Å²) < 4.78 is 5.49. The first-order valence-corrected chi connectivity index (χ1v) is 6.09. The molecule has 2 atom stereocenters. The van der Waals surface area contributed by atoms with Crippen LogP contribution in [0.1, 0.15) is 19.0 Å². The van der Waals surface area contributed by atoms with Crippen molar-refractivity contribution in [2.45, 2.75) is 26.1 Å². The number of nitrogens with zero attached hydrogens (tertiary/aromatic N) is 2. The van der Waals surface area contributed by atoms with E-state index in [2.05, 4.69) is 16.8 Å². The van der Waals surface area contributed by atoms with Gasteiger partial charge in [-0.1, -0.05) is 13.0 Å². The van der Waals surface area contributed by atoms with Gasteiger partial charge in [0.1, 0.15) is 5.82 Å². The number of hydrogen-bond donors (Lipinski definition) is 1. The first-order chi connectivity index (χ1) is 8.24. The monoisotopic (exact) mass is 236 g/mol. The lowest BCUT2D eigenvalue weighted by atomic mass is 9.96. The molecular formula is C13H20N2O2. The van der Waals surface area contributed by atoms with E-state index in [0.29, 0.717) is 5.92 Å². The number of aromatic nitrogens is 1. The van der Waals surface area contributed by atoms with Crippen LogP contribution in [0.5, 0.6) is 0 Å². The van der Waals surface area contributed by atoms with E-state index in [1.165, 1.54) is 0 Å². The molecule has 1 saturated heterocycles. The molecule has 0 aromatic carbocycles. The Balaban J connectivity index is 2.11. The van der Waals surface area contributed by atoms with Crippen LogP contribution in [0.3, 0.4) is 0 Å². The van der Waals surface area contributed by atoms with Gasteiger partial charge in [-0.05, 0) is 24.5 Å².